The van der Waals surface area contributed by atoms with Crippen LogP contribution >= 0.6 is 0 Å². The molecule has 1 unspecified atom stereocenters. The number of carbonyl (C=O) groups excluding carboxylic acids is 1. The first kappa shape index (κ1) is 15.9. The number of nitrogens with zero attached hydrogens (tertiary/aromatic N) is 1. The Labute approximate surface area is 143 Å². The van der Waals surface area contributed by atoms with Crippen molar-refractivity contribution in [3.63, 3.8) is 0 Å². The number of ether oxygens (including phenoxy) is 2. The minimum atomic E-state index is -0.381. The summed E-state index contributed by atoms with van der Waals surface area (Å²) in [6.07, 6.45) is 8.97. The maximum absolute atomic E-state index is 12.8. The van der Waals surface area contributed by atoms with Crippen LogP contribution in [0, 0.1) is 0 Å². The van der Waals surface area contributed by atoms with Gasteiger partial charge in [-0.05, 0) is 44.2 Å². The zero-order valence-corrected chi connectivity index (χ0v) is 14.1. The van der Waals surface area contributed by atoms with E-state index < -0.39 is 0 Å². The summed E-state index contributed by atoms with van der Waals surface area (Å²) < 4.78 is 11.7. The van der Waals surface area contributed by atoms with E-state index in [-0.39, 0.29) is 17.6 Å². The van der Waals surface area contributed by atoms with Crippen LogP contribution in [0.3, 0.4) is 0 Å². The molecule has 128 valence electrons. The number of carbonyl (C=O) groups is 1. The van der Waals surface area contributed by atoms with E-state index in [0.29, 0.717) is 6.61 Å². The lowest BCUT2D eigenvalue weighted by Gasteiger charge is -2.38. The SMILES string of the molecule is O=C1C=C(COC2CCCCO2)N(c2ccccc2)C12CCCC2. The summed E-state index contributed by atoms with van der Waals surface area (Å²) in [5.41, 5.74) is 1.68. The second-order valence-electron chi connectivity index (χ2n) is 7.02. The van der Waals surface area contributed by atoms with Gasteiger partial charge in [-0.25, -0.2) is 0 Å². The van der Waals surface area contributed by atoms with Crippen molar-refractivity contribution in [2.24, 2.45) is 0 Å². The van der Waals surface area contributed by atoms with Crippen LogP contribution in [-0.4, -0.2) is 30.8 Å². The van der Waals surface area contributed by atoms with Crippen molar-refractivity contribution in [2.45, 2.75) is 56.8 Å². The van der Waals surface area contributed by atoms with E-state index in [1.54, 1.807) is 6.08 Å². The van der Waals surface area contributed by atoms with Crippen molar-refractivity contribution in [2.75, 3.05) is 18.1 Å². The van der Waals surface area contributed by atoms with Crippen molar-refractivity contribution in [1.29, 1.82) is 0 Å². The molecule has 1 aliphatic carbocycles. The van der Waals surface area contributed by atoms with Gasteiger partial charge in [0.25, 0.3) is 0 Å². The molecule has 1 saturated carbocycles. The number of benzene rings is 1. The fourth-order valence-electron chi connectivity index (χ4n) is 4.28. The first-order valence-electron chi connectivity index (χ1n) is 9.13. The lowest BCUT2D eigenvalue weighted by molar-refractivity contribution is -0.157. The van der Waals surface area contributed by atoms with E-state index in [1.165, 1.54) is 0 Å². The van der Waals surface area contributed by atoms with Gasteiger partial charge in [0, 0.05) is 24.1 Å². The van der Waals surface area contributed by atoms with E-state index in [9.17, 15) is 4.79 Å². The van der Waals surface area contributed by atoms with Crippen molar-refractivity contribution in [3.8, 4) is 0 Å². The predicted octanol–water partition coefficient (Wildman–Crippen LogP) is 3.82. The molecule has 1 aromatic carbocycles. The first-order valence-corrected chi connectivity index (χ1v) is 9.13. The lowest BCUT2D eigenvalue weighted by atomic mass is 9.92. The highest BCUT2D eigenvalue weighted by molar-refractivity contribution is 6.06. The number of rotatable bonds is 4. The zero-order chi connectivity index (χ0) is 16.4. The third-order valence-corrected chi connectivity index (χ3v) is 5.47. The molecule has 1 aromatic rings. The Bertz CT molecular complexity index is 613. The Balaban J connectivity index is 1.57. The Morgan fingerprint density at radius 1 is 1.12 bits per heavy atom. The third kappa shape index (κ3) is 2.78. The molecule has 4 heteroatoms. The van der Waals surface area contributed by atoms with Gasteiger partial charge in [-0.2, -0.15) is 0 Å². The minimum absolute atomic E-state index is 0.132. The van der Waals surface area contributed by atoms with Crippen molar-refractivity contribution in [1.82, 2.24) is 0 Å². The highest BCUT2D eigenvalue weighted by Gasteiger charge is 2.50. The van der Waals surface area contributed by atoms with Gasteiger partial charge in [0.15, 0.2) is 12.1 Å². The quantitative estimate of drug-likeness (QED) is 0.843. The van der Waals surface area contributed by atoms with Crippen molar-refractivity contribution in [3.05, 3.63) is 42.1 Å². The Kier molecular flexibility index (Phi) is 4.42. The first-order chi connectivity index (χ1) is 11.8. The molecule has 0 radical (unpaired) electrons. The lowest BCUT2D eigenvalue weighted by Crippen LogP contribution is -2.48. The average molecular weight is 327 g/mol. The standard InChI is InChI=1S/C20H25NO3/c22-18-14-17(15-24-19-10-4-7-13-23-19)21(16-8-2-1-3-9-16)20(18)11-5-6-12-20/h1-3,8-9,14,19H,4-7,10-13,15H2. The second kappa shape index (κ2) is 6.69. The van der Waals surface area contributed by atoms with Gasteiger partial charge in [0.1, 0.15) is 5.54 Å². The molecule has 2 heterocycles. The predicted molar refractivity (Wildman–Crippen MR) is 92.8 cm³/mol. The fraction of sp³-hybridized carbons (Fsp3) is 0.550. The zero-order valence-electron chi connectivity index (χ0n) is 14.1. The van der Waals surface area contributed by atoms with Crippen LogP contribution in [0.4, 0.5) is 5.69 Å². The van der Waals surface area contributed by atoms with Crippen LogP contribution < -0.4 is 4.90 Å². The highest BCUT2D eigenvalue weighted by atomic mass is 16.7. The van der Waals surface area contributed by atoms with E-state index in [0.717, 1.165) is 62.9 Å². The fourth-order valence-corrected chi connectivity index (χ4v) is 4.28. The number of hydrogen-bond donors (Lipinski definition) is 0. The molecule has 0 N–H and O–H groups in total. The molecule has 4 rings (SSSR count). The molecular weight excluding hydrogens is 302 g/mol. The molecule has 1 atom stereocenters. The van der Waals surface area contributed by atoms with Gasteiger partial charge < -0.3 is 14.4 Å². The maximum atomic E-state index is 12.8. The number of para-hydroxylation sites is 1. The van der Waals surface area contributed by atoms with Gasteiger partial charge in [0.2, 0.25) is 0 Å². The molecule has 3 aliphatic rings. The summed E-state index contributed by atoms with van der Waals surface area (Å²) >= 11 is 0. The normalized spacial score (nSPS) is 26.2. The molecule has 0 bridgehead atoms. The summed E-state index contributed by atoms with van der Waals surface area (Å²) in [5.74, 6) is 0.243. The summed E-state index contributed by atoms with van der Waals surface area (Å²) in [7, 11) is 0. The van der Waals surface area contributed by atoms with Gasteiger partial charge in [-0.1, -0.05) is 31.0 Å². The average Bonchev–Trinajstić information content (AvgIpc) is 3.22. The molecule has 4 nitrogen and oxygen atoms in total. The van der Waals surface area contributed by atoms with Gasteiger partial charge in [-0.15, -0.1) is 0 Å². The summed E-state index contributed by atoms with van der Waals surface area (Å²) in [5, 5.41) is 0. The maximum Gasteiger partial charge on any atom is 0.183 e. The summed E-state index contributed by atoms with van der Waals surface area (Å²) in [6, 6.07) is 10.2. The molecule has 24 heavy (non-hydrogen) atoms. The molecule has 0 aromatic heterocycles. The largest absolute Gasteiger partial charge is 0.353 e. The molecule has 1 saturated heterocycles. The highest BCUT2D eigenvalue weighted by Crippen LogP contribution is 2.45. The Morgan fingerprint density at radius 2 is 1.92 bits per heavy atom. The van der Waals surface area contributed by atoms with Crippen molar-refractivity contribution >= 4 is 11.5 Å². The van der Waals surface area contributed by atoms with E-state index in [4.69, 9.17) is 9.47 Å². The molecule has 0 amide bonds. The monoisotopic (exact) mass is 327 g/mol. The minimum Gasteiger partial charge on any atom is -0.353 e. The van der Waals surface area contributed by atoms with E-state index >= 15 is 0 Å². The van der Waals surface area contributed by atoms with Crippen molar-refractivity contribution < 1.29 is 14.3 Å². The molecule has 2 aliphatic heterocycles. The number of ketones is 1. The topological polar surface area (TPSA) is 38.8 Å². The van der Waals surface area contributed by atoms with Crippen LogP contribution in [0.2, 0.25) is 0 Å². The third-order valence-electron chi connectivity index (χ3n) is 5.47. The van der Waals surface area contributed by atoms with E-state index in [2.05, 4.69) is 17.0 Å². The van der Waals surface area contributed by atoms with Crippen LogP contribution in [0.1, 0.15) is 44.9 Å². The Hall–Kier alpha value is -1.65. The summed E-state index contributed by atoms with van der Waals surface area (Å²) in [6.45, 7) is 1.21. The van der Waals surface area contributed by atoms with Crippen LogP contribution in [0.5, 0.6) is 0 Å². The number of anilines is 1. The Morgan fingerprint density at radius 3 is 2.62 bits per heavy atom. The van der Waals surface area contributed by atoms with Crippen LogP contribution in [-0.2, 0) is 14.3 Å². The second-order valence-corrected chi connectivity index (χ2v) is 7.02. The molecular formula is C20H25NO3. The van der Waals surface area contributed by atoms with Gasteiger partial charge in [-0.3, -0.25) is 4.79 Å². The van der Waals surface area contributed by atoms with Gasteiger partial charge >= 0.3 is 0 Å². The molecule has 2 fully saturated rings. The van der Waals surface area contributed by atoms with Crippen LogP contribution in [0.15, 0.2) is 42.1 Å². The van der Waals surface area contributed by atoms with Crippen LogP contribution in [0.25, 0.3) is 0 Å². The molecule has 1 spiro atoms. The smallest absolute Gasteiger partial charge is 0.183 e. The summed E-state index contributed by atoms with van der Waals surface area (Å²) in [4.78, 5) is 15.1. The van der Waals surface area contributed by atoms with E-state index in [1.807, 2.05) is 18.2 Å². The van der Waals surface area contributed by atoms with Gasteiger partial charge in [0.05, 0.1) is 6.61 Å². The number of hydrogen-bond acceptors (Lipinski definition) is 4.